The molecule has 5 heterocycles. The van der Waals surface area contributed by atoms with Gasteiger partial charge in [0, 0.05) is 31.1 Å². The van der Waals surface area contributed by atoms with Crippen molar-refractivity contribution < 1.29 is 62.2 Å². The molecular formula is C25H36N7O13PS. The van der Waals surface area contributed by atoms with Gasteiger partial charge in [-0.3, -0.25) is 18.5 Å². The van der Waals surface area contributed by atoms with E-state index in [1.54, 1.807) is 18.4 Å². The van der Waals surface area contributed by atoms with E-state index in [1.165, 1.54) is 32.0 Å². The fourth-order valence-corrected chi connectivity index (χ4v) is 7.83. The molecule has 3 aliphatic rings. The average molecular weight is 706 g/mol. The number of methoxy groups -OCH3 is 1. The number of nitrogens with zero attached hydrogens (tertiary/aromatic N) is 5. The predicted molar refractivity (Wildman–Crippen MR) is 160 cm³/mol. The lowest BCUT2D eigenvalue weighted by Crippen LogP contribution is -2.53. The Balaban J connectivity index is 1.32. The van der Waals surface area contributed by atoms with Crippen LogP contribution in [-0.4, -0.2) is 127 Å². The molecule has 2 saturated heterocycles. The molecule has 2 aromatic heterocycles. The Morgan fingerprint density at radius 3 is 2.72 bits per heavy atom. The van der Waals surface area contributed by atoms with E-state index in [0.29, 0.717) is 22.5 Å². The lowest BCUT2D eigenvalue weighted by atomic mass is 10.1. The van der Waals surface area contributed by atoms with Crippen LogP contribution in [-0.2, 0) is 37.3 Å². The molecule has 22 heteroatoms. The maximum absolute atomic E-state index is 14.2. The molecule has 0 bridgehead atoms. The van der Waals surface area contributed by atoms with E-state index in [9.17, 15) is 29.5 Å². The highest BCUT2D eigenvalue weighted by atomic mass is 32.7. The maximum Gasteiger partial charge on any atom is 0.509 e. The maximum atomic E-state index is 14.2. The summed E-state index contributed by atoms with van der Waals surface area (Å²) in [6, 6.07) is -0.725. The first kappa shape index (κ1) is 35.2. The first-order valence-corrected chi connectivity index (χ1v) is 17.5. The Morgan fingerprint density at radius 1 is 1.23 bits per heavy atom. The molecule has 20 nitrogen and oxygen atoms in total. The molecule has 0 saturated carbocycles. The number of imidazole rings is 1. The van der Waals surface area contributed by atoms with E-state index < -0.39 is 93.4 Å². The molecule has 0 aromatic carbocycles. The fourth-order valence-electron chi connectivity index (χ4n) is 5.04. The number of hydrogen-bond donors (Lipinski definition) is 5. The molecule has 2 fully saturated rings. The molecule has 6 N–H and O–H groups in total. The van der Waals surface area contributed by atoms with Gasteiger partial charge in [0.1, 0.15) is 48.7 Å². The number of aromatic nitrogens is 4. The van der Waals surface area contributed by atoms with Gasteiger partial charge in [-0.05, 0) is 19.9 Å². The molecule has 260 valence electrons. The minimum Gasteiger partial charge on any atom is -0.432 e. The van der Waals surface area contributed by atoms with Crippen molar-refractivity contribution in [2.45, 2.75) is 75.6 Å². The number of aliphatic hydroxyl groups excluding tert-OH is 3. The van der Waals surface area contributed by atoms with Crippen LogP contribution in [0.4, 0.5) is 15.4 Å². The quantitative estimate of drug-likeness (QED) is 0.107. The van der Waals surface area contributed by atoms with Crippen molar-refractivity contribution in [2.75, 3.05) is 32.0 Å². The molecule has 5 rings (SSSR count). The smallest absolute Gasteiger partial charge is 0.432 e. The third-order valence-electron chi connectivity index (χ3n) is 7.22. The number of nitrogens with two attached hydrogens (primary N) is 1. The third kappa shape index (κ3) is 7.96. The fraction of sp³-hybridized carbons (Fsp3) is 0.640. The summed E-state index contributed by atoms with van der Waals surface area (Å²) in [6.45, 7) is -2.21. The monoisotopic (exact) mass is 705 g/mol. The molecular weight excluding hydrogens is 669 g/mol. The number of fused-ring (bicyclic) bond motifs is 1. The number of nitrogens with one attached hydrogen (secondary N) is 1. The van der Waals surface area contributed by atoms with Crippen molar-refractivity contribution in [3.8, 4) is 0 Å². The SMILES string of the molecule is CO[C@H]1C(OP(=O)(OC[C@H]2O[C@@H](n3cnc4c(N)ncnc43)C[C@H]2O)SCOC(=O)OC(C)C)[C@@H](CO)O[C@H]1N1C=CC(O)NC1=O. The van der Waals surface area contributed by atoms with E-state index in [0.717, 1.165) is 4.90 Å². The van der Waals surface area contributed by atoms with Gasteiger partial charge >= 0.3 is 19.0 Å². The first-order valence-electron chi connectivity index (χ1n) is 14.3. The molecule has 3 aliphatic heterocycles. The molecule has 9 atom stereocenters. The van der Waals surface area contributed by atoms with Gasteiger partial charge in [-0.15, -0.1) is 0 Å². The number of nitrogen functional groups attached to an aromatic ring is 1. The summed E-state index contributed by atoms with van der Waals surface area (Å²) in [5.74, 6) is -0.361. The van der Waals surface area contributed by atoms with E-state index in [2.05, 4.69) is 20.3 Å². The molecule has 47 heavy (non-hydrogen) atoms. The predicted octanol–water partition coefficient (Wildman–Crippen LogP) is 0.409. The number of hydrogen-bond acceptors (Lipinski definition) is 18. The summed E-state index contributed by atoms with van der Waals surface area (Å²) in [7, 11) is 1.29. The van der Waals surface area contributed by atoms with Gasteiger partial charge in [0.25, 0.3) is 0 Å². The average Bonchev–Trinajstić information content (AvgIpc) is 3.71. The lowest BCUT2D eigenvalue weighted by molar-refractivity contribution is -0.0751. The van der Waals surface area contributed by atoms with Crippen LogP contribution < -0.4 is 11.1 Å². The normalized spacial score (nSPS) is 30.5. The van der Waals surface area contributed by atoms with Crippen molar-refractivity contribution in [1.29, 1.82) is 0 Å². The van der Waals surface area contributed by atoms with Crippen LogP contribution in [0, 0.1) is 0 Å². The Bertz CT molecular complexity index is 1500. The van der Waals surface area contributed by atoms with Crippen LogP contribution in [0.3, 0.4) is 0 Å². The summed E-state index contributed by atoms with van der Waals surface area (Å²) < 4.78 is 54.9. The minimum atomic E-state index is -4.37. The van der Waals surface area contributed by atoms with Crippen LogP contribution >= 0.6 is 18.2 Å². The number of amides is 2. The van der Waals surface area contributed by atoms with Crippen molar-refractivity contribution >= 4 is 47.3 Å². The molecule has 0 radical (unpaired) electrons. The van der Waals surface area contributed by atoms with E-state index in [-0.39, 0.29) is 12.2 Å². The number of rotatable bonds is 13. The zero-order chi connectivity index (χ0) is 33.9. The van der Waals surface area contributed by atoms with Gasteiger partial charge < -0.3 is 50.1 Å². The van der Waals surface area contributed by atoms with Crippen molar-refractivity contribution in [2.24, 2.45) is 0 Å². The Morgan fingerprint density at radius 2 is 2.02 bits per heavy atom. The highest BCUT2D eigenvalue weighted by Gasteiger charge is 2.53. The Hall–Kier alpha value is -3.11. The van der Waals surface area contributed by atoms with Crippen LogP contribution in [0.2, 0.25) is 0 Å². The third-order valence-corrected chi connectivity index (χ3v) is 10.6. The molecule has 0 spiro atoms. The zero-order valence-corrected chi connectivity index (χ0v) is 27.1. The summed E-state index contributed by atoms with van der Waals surface area (Å²) >= 11 is 0.488. The lowest BCUT2D eigenvalue weighted by Gasteiger charge is -2.33. The number of carbonyl (C=O) groups is 2. The number of carbonyl (C=O) groups excluding carboxylic acids is 2. The Kier molecular flexibility index (Phi) is 11.2. The topological polar surface area (TPSA) is 261 Å². The summed E-state index contributed by atoms with van der Waals surface area (Å²) in [5, 5.41) is 32.9. The molecule has 2 aromatic rings. The zero-order valence-electron chi connectivity index (χ0n) is 25.4. The van der Waals surface area contributed by atoms with Gasteiger partial charge in [0.2, 0.25) is 0 Å². The number of aliphatic hydroxyl groups is 3. The number of ether oxygens (including phenoxy) is 5. The van der Waals surface area contributed by atoms with Crippen LogP contribution in [0.5, 0.6) is 0 Å². The number of urea groups is 1. The van der Waals surface area contributed by atoms with Gasteiger partial charge in [-0.2, -0.15) is 0 Å². The second kappa shape index (κ2) is 15.0. The van der Waals surface area contributed by atoms with Crippen LogP contribution in [0.1, 0.15) is 26.5 Å². The summed E-state index contributed by atoms with van der Waals surface area (Å²) in [6.07, 6.45) is -4.91. The second-order valence-electron chi connectivity index (χ2n) is 10.7. The van der Waals surface area contributed by atoms with Crippen LogP contribution in [0.25, 0.3) is 11.2 Å². The van der Waals surface area contributed by atoms with Crippen LogP contribution in [0.15, 0.2) is 24.9 Å². The van der Waals surface area contributed by atoms with E-state index in [1.807, 2.05) is 0 Å². The van der Waals surface area contributed by atoms with Crippen molar-refractivity contribution in [3.63, 3.8) is 0 Å². The van der Waals surface area contributed by atoms with Gasteiger partial charge in [0.15, 0.2) is 23.6 Å². The number of anilines is 1. The largest absolute Gasteiger partial charge is 0.509 e. The Labute approximate surface area is 271 Å². The summed E-state index contributed by atoms with van der Waals surface area (Å²) in [4.78, 5) is 37.9. The highest BCUT2D eigenvalue weighted by Crippen LogP contribution is 2.63. The molecule has 2 amide bonds. The van der Waals surface area contributed by atoms with E-state index >= 15 is 0 Å². The van der Waals surface area contributed by atoms with Crippen molar-refractivity contribution in [1.82, 2.24) is 29.7 Å². The summed E-state index contributed by atoms with van der Waals surface area (Å²) in [5.41, 5.74) is 6.62. The standard InChI is InChI=1S/C25H36N7O13PS/c1-12(2)42-25(37)40-11-47-46(38,45-19-14(7-33)44-23(20(19)39-3)31-5-4-16(35)30-24(31)36)41-8-15-13(34)6-17(43-15)32-10-29-18-21(26)27-9-28-22(18)32/h4-5,9-10,12-17,19-20,23,33-35H,6-8,11H2,1-3H3,(H,30,36)(H2,26,27,28)/t13-,14-,15-,16?,17-,19?,20+,23-,46?/m1/s1. The molecule has 3 unspecified atom stereocenters. The minimum absolute atomic E-state index is 0.0996. The highest BCUT2D eigenvalue weighted by molar-refractivity contribution is 8.55. The first-order chi connectivity index (χ1) is 22.4. The van der Waals surface area contributed by atoms with E-state index in [4.69, 9.17) is 38.5 Å². The molecule has 0 aliphatic carbocycles. The van der Waals surface area contributed by atoms with Crippen molar-refractivity contribution in [3.05, 3.63) is 24.9 Å². The van der Waals surface area contributed by atoms with Gasteiger partial charge in [-0.25, -0.2) is 29.1 Å². The van der Waals surface area contributed by atoms with Gasteiger partial charge in [0.05, 0.1) is 31.7 Å². The van der Waals surface area contributed by atoms with Gasteiger partial charge in [-0.1, -0.05) is 0 Å². The second-order valence-corrected chi connectivity index (χ2v) is 14.7.